The van der Waals surface area contributed by atoms with Crippen LogP contribution in [0.4, 0.5) is 0 Å². The molecule has 2 rings (SSSR count). The van der Waals surface area contributed by atoms with Gasteiger partial charge in [-0.3, -0.25) is 0 Å². The number of ether oxygens (including phenoxy) is 1. The summed E-state index contributed by atoms with van der Waals surface area (Å²) >= 11 is 0. The quantitative estimate of drug-likeness (QED) is 0.781. The summed E-state index contributed by atoms with van der Waals surface area (Å²) in [5, 5.41) is 8.70. The minimum absolute atomic E-state index is 0.0812. The van der Waals surface area contributed by atoms with Crippen LogP contribution in [0, 0.1) is 11.3 Å². The Kier molecular flexibility index (Phi) is 5.74. The van der Waals surface area contributed by atoms with E-state index in [1.807, 2.05) is 6.07 Å². The number of hydrogen-bond acceptors (Lipinski definition) is 4. The molecule has 114 valence electrons. The van der Waals surface area contributed by atoms with Crippen LogP contribution in [0.25, 0.3) is 0 Å². The van der Waals surface area contributed by atoms with E-state index in [0.717, 1.165) is 12.8 Å². The number of nitrogens with one attached hydrogen (secondary N) is 1. The molecule has 0 unspecified atom stereocenters. The van der Waals surface area contributed by atoms with E-state index >= 15 is 0 Å². The second kappa shape index (κ2) is 7.55. The molecule has 0 aromatic heterocycles. The van der Waals surface area contributed by atoms with Crippen LogP contribution in [0.5, 0.6) is 0 Å². The lowest BCUT2D eigenvalue weighted by Crippen LogP contribution is -2.29. The third kappa shape index (κ3) is 5.46. The van der Waals surface area contributed by atoms with Gasteiger partial charge in [-0.15, -0.1) is 0 Å². The van der Waals surface area contributed by atoms with Crippen LogP contribution in [0.15, 0.2) is 24.3 Å². The van der Waals surface area contributed by atoms with Crippen LogP contribution < -0.4 is 4.72 Å². The first-order chi connectivity index (χ1) is 10.1. The average molecular weight is 308 g/mol. The van der Waals surface area contributed by atoms with Gasteiger partial charge in [0.2, 0.25) is 10.0 Å². The highest BCUT2D eigenvalue weighted by Crippen LogP contribution is 2.20. The standard InChI is InChI=1S/C15H20N2O3S/c16-11-13-5-7-14(8-6-13)12-21(18,19)17-9-10-20-15-3-1-2-4-15/h5-8,15,17H,1-4,9-10,12H2. The minimum Gasteiger partial charge on any atom is -0.377 e. The van der Waals surface area contributed by atoms with E-state index in [0.29, 0.717) is 30.4 Å². The molecule has 21 heavy (non-hydrogen) atoms. The molecular weight excluding hydrogens is 288 g/mol. The summed E-state index contributed by atoms with van der Waals surface area (Å²) in [5.41, 5.74) is 1.19. The maximum absolute atomic E-state index is 11.9. The molecule has 0 atom stereocenters. The monoisotopic (exact) mass is 308 g/mol. The molecule has 1 fully saturated rings. The zero-order valence-corrected chi connectivity index (χ0v) is 12.7. The molecular formula is C15H20N2O3S. The van der Waals surface area contributed by atoms with Crippen LogP contribution in [0.2, 0.25) is 0 Å². The molecule has 0 spiro atoms. The molecule has 0 amide bonds. The molecule has 1 aromatic rings. The number of rotatable bonds is 7. The minimum atomic E-state index is -3.36. The SMILES string of the molecule is N#Cc1ccc(CS(=O)(=O)NCCOC2CCCC2)cc1. The lowest BCUT2D eigenvalue weighted by Gasteiger charge is -2.11. The zero-order chi connectivity index (χ0) is 15.1. The van der Waals surface area contributed by atoms with Gasteiger partial charge in [0.05, 0.1) is 30.1 Å². The van der Waals surface area contributed by atoms with Gasteiger partial charge in [0.25, 0.3) is 0 Å². The van der Waals surface area contributed by atoms with Gasteiger partial charge in [-0.1, -0.05) is 25.0 Å². The third-order valence-corrected chi connectivity index (χ3v) is 4.88. The summed E-state index contributed by atoms with van der Waals surface area (Å²) in [4.78, 5) is 0. The van der Waals surface area contributed by atoms with E-state index in [9.17, 15) is 8.42 Å². The molecule has 0 heterocycles. The fourth-order valence-electron chi connectivity index (χ4n) is 2.42. The van der Waals surface area contributed by atoms with Gasteiger partial charge in [-0.25, -0.2) is 13.1 Å². The zero-order valence-electron chi connectivity index (χ0n) is 11.9. The van der Waals surface area contributed by atoms with Gasteiger partial charge in [0.15, 0.2) is 0 Å². The lowest BCUT2D eigenvalue weighted by molar-refractivity contribution is 0.0626. The fourth-order valence-corrected chi connectivity index (χ4v) is 3.55. The first kappa shape index (κ1) is 16.0. The Morgan fingerprint density at radius 1 is 1.24 bits per heavy atom. The first-order valence-electron chi connectivity index (χ1n) is 7.17. The molecule has 1 aliphatic rings. The highest BCUT2D eigenvalue weighted by atomic mass is 32.2. The van der Waals surface area contributed by atoms with Crippen molar-refractivity contribution in [1.82, 2.24) is 4.72 Å². The van der Waals surface area contributed by atoms with Gasteiger partial charge in [-0.2, -0.15) is 5.26 Å². The van der Waals surface area contributed by atoms with Crippen molar-refractivity contribution in [2.75, 3.05) is 13.2 Å². The molecule has 0 saturated heterocycles. The maximum atomic E-state index is 11.9. The topological polar surface area (TPSA) is 79.2 Å². The van der Waals surface area contributed by atoms with Crippen molar-refractivity contribution in [2.45, 2.75) is 37.5 Å². The summed E-state index contributed by atoms with van der Waals surface area (Å²) < 4.78 is 32.0. The lowest BCUT2D eigenvalue weighted by atomic mass is 10.2. The Balaban J connectivity index is 1.74. The van der Waals surface area contributed by atoms with Crippen molar-refractivity contribution >= 4 is 10.0 Å². The summed E-state index contributed by atoms with van der Waals surface area (Å²) in [6, 6.07) is 8.56. The van der Waals surface area contributed by atoms with Crippen molar-refractivity contribution in [2.24, 2.45) is 0 Å². The second-order valence-electron chi connectivity index (χ2n) is 5.24. The molecule has 1 saturated carbocycles. The molecule has 0 aliphatic heterocycles. The van der Waals surface area contributed by atoms with Crippen molar-refractivity contribution in [3.63, 3.8) is 0 Å². The molecule has 0 radical (unpaired) electrons. The summed E-state index contributed by atoms with van der Waals surface area (Å²) in [5.74, 6) is -0.0812. The van der Waals surface area contributed by atoms with Crippen LogP contribution in [0.3, 0.4) is 0 Å². The summed E-state index contributed by atoms with van der Waals surface area (Å²) in [6.45, 7) is 0.715. The normalized spacial score (nSPS) is 16.0. The molecule has 0 bridgehead atoms. The van der Waals surface area contributed by atoms with Crippen molar-refractivity contribution in [3.8, 4) is 6.07 Å². The van der Waals surface area contributed by atoms with E-state index in [1.165, 1.54) is 12.8 Å². The Bertz CT molecular complexity index is 584. The molecule has 5 nitrogen and oxygen atoms in total. The van der Waals surface area contributed by atoms with E-state index in [1.54, 1.807) is 24.3 Å². The Morgan fingerprint density at radius 2 is 1.90 bits per heavy atom. The number of nitriles is 1. The van der Waals surface area contributed by atoms with Crippen LogP contribution in [0.1, 0.15) is 36.8 Å². The molecule has 1 aromatic carbocycles. The first-order valence-corrected chi connectivity index (χ1v) is 8.82. The largest absolute Gasteiger partial charge is 0.377 e. The molecule has 1 N–H and O–H groups in total. The molecule has 1 aliphatic carbocycles. The van der Waals surface area contributed by atoms with E-state index in [4.69, 9.17) is 10.00 Å². The number of benzene rings is 1. The van der Waals surface area contributed by atoms with Crippen LogP contribution in [-0.4, -0.2) is 27.7 Å². The Labute approximate surface area is 126 Å². The average Bonchev–Trinajstić information content (AvgIpc) is 2.97. The number of hydrogen-bond donors (Lipinski definition) is 1. The van der Waals surface area contributed by atoms with Gasteiger partial charge >= 0.3 is 0 Å². The van der Waals surface area contributed by atoms with E-state index in [-0.39, 0.29) is 5.75 Å². The fraction of sp³-hybridized carbons (Fsp3) is 0.533. The number of sulfonamides is 1. The third-order valence-electron chi connectivity index (χ3n) is 3.52. The van der Waals surface area contributed by atoms with Gasteiger partial charge in [0, 0.05) is 6.54 Å². The summed E-state index contributed by atoms with van der Waals surface area (Å²) in [6.07, 6.45) is 4.87. The van der Waals surface area contributed by atoms with Gasteiger partial charge < -0.3 is 4.74 Å². The summed E-state index contributed by atoms with van der Waals surface area (Å²) in [7, 11) is -3.36. The van der Waals surface area contributed by atoms with E-state index in [2.05, 4.69) is 4.72 Å². The Morgan fingerprint density at radius 3 is 2.52 bits per heavy atom. The molecule has 6 heteroatoms. The van der Waals surface area contributed by atoms with Crippen molar-refractivity contribution in [1.29, 1.82) is 5.26 Å². The second-order valence-corrected chi connectivity index (χ2v) is 7.05. The van der Waals surface area contributed by atoms with Gasteiger partial charge in [0.1, 0.15) is 0 Å². The van der Waals surface area contributed by atoms with Crippen LogP contribution in [-0.2, 0) is 20.5 Å². The Hall–Kier alpha value is -1.42. The predicted molar refractivity (Wildman–Crippen MR) is 80.0 cm³/mol. The van der Waals surface area contributed by atoms with E-state index < -0.39 is 10.0 Å². The van der Waals surface area contributed by atoms with Crippen LogP contribution >= 0.6 is 0 Å². The maximum Gasteiger partial charge on any atom is 0.215 e. The smallest absolute Gasteiger partial charge is 0.215 e. The highest BCUT2D eigenvalue weighted by molar-refractivity contribution is 7.88. The van der Waals surface area contributed by atoms with Gasteiger partial charge in [-0.05, 0) is 30.5 Å². The van der Waals surface area contributed by atoms with Crippen molar-refractivity contribution < 1.29 is 13.2 Å². The predicted octanol–water partition coefficient (Wildman–Crippen LogP) is 1.94. The number of nitrogens with zero attached hydrogens (tertiary/aromatic N) is 1. The van der Waals surface area contributed by atoms with Crippen molar-refractivity contribution in [3.05, 3.63) is 35.4 Å². The highest BCUT2D eigenvalue weighted by Gasteiger charge is 2.16.